The fourth-order valence-electron chi connectivity index (χ4n) is 3.93. The van der Waals surface area contributed by atoms with Gasteiger partial charge in [-0.3, -0.25) is 4.79 Å². The van der Waals surface area contributed by atoms with E-state index in [2.05, 4.69) is 10.6 Å². The van der Waals surface area contributed by atoms with Crippen molar-refractivity contribution in [2.45, 2.75) is 51.7 Å². The van der Waals surface area contributed by atoms with E-state index in [-0.39, 0.29) is 41.8 Å². The molecular formula is C24H30FN3O2. The molecule has 2 aromatic rings. The molecule has 3 rings (SSSR count). The van der Waals surface area contributed by atoms with E-state index in [9.17, 15) is 14.0 Å². The Morgan fingerprint density at radius 1 is 0.967 bits per heavy atom. The molecule has 0 unspecified atom stereocenters. The van der Waals surface area contributed by atoms with Gasteiger partial charge in [-0.2, -0.15) is 0 Å². The number of halogens is 1. The van der Waals surface area contributed by atoms with Crippen LogP contribution in [0.2, 0.25) is 0 Å². The molecule has 3 atom stereocenters. The van der Waals surface area contributed by atoms with Crippen LogP contribution in [-0.2, 0) is 4.79 Å². The van der Waals surface area contributed by atoms with E-state index in [0.29, 0.717) is 19.4 Å². The minimum atomic E-state index is -0.306. The lowest BCUT2D eigenvalue weighted by Gasteiger charge is -2.40. The summed E-state index contributed by atoms with van der Waals surface area (Å²) in [6.07, 6.45) is 1.32. The highest BCUT2D eigenvalue weighted by atomic mass is 19.1. The van der Waals surface area contributed by atoms with E-state index in [1.54, 1.807) is 17.0 Å². The van der Waals surface area contributed by atoms with E-state index in [4.69, 9.17) is 0 Å². The molecule has 1 saturated heterocycles. The Balaban J connectivity index is 1.73. The second kappa shape index (κ2) is 9.74. The van der Waals surface area contributed by atoms with Gasteiger partial charge in [-0.05, 0) is 56.9 Å². The minimum Gasteiger partial charge on any atom is -0.349 e. The number of nitrogens with zero attached hydrogens (tertiary/aromatic N) is 1. The van der Waals surface area contributed by atoms with Gasteiger partial charge in [-0.15, -0.1) is 0 Å². The predicted molar refractivity (Wildman–Crippen MR) is 115 cm³/mol. The van der Waals surface area contributed by atoms with Crippen LogP contribution < -0.4 is 10.6 Å². The number of carbonyl (C=O) groups is 2. The maximum atomic E-state index is 13.4. The molecule has 5 nitrogen and oxygen atoms in total. The molecule has 0 saturated carbocycles. The van der Waals surface area contributed by atoms with E-state index in [1.807, 2.05) is 51.1 Å². The third kappa shape index (κ3) is 5.38. The molecule has 0 aliphatic carbocycles. The zero-order valence-electron chi connectivity index (χ0n) is 17.8. The fraction of sp³-hybridized carbons (Fsp3) is 0.417. The van der Waals surface area contributed by atoms with Gasteiger partial charge in [-0.1, -0.05) is 42.5 Å². The van der Waals surface area contributed by atoms with E-state index in [1.165, 1.54) is 12.1 Å². The summed E-state index contributed by atoms with van der Waals surface area (Å²) in [5, 5.41) is 6.01. The number of likely N-dealkylation sites (tertiary alicyclic amines) is 1. The number of nitrogens with one attached hydrogen (secondary N) is 2. The number of hydrogen-bond donors (Lipinski definition) is 2. The molecule has 0 bridgehead atoms. The van der Waals surface area contributed by atoms with Crippen molar-refractivity contribution in [2.24, 2.45) is 5.92 Å². The first kappa shape index (κ1) is 21.8. The highest BCUT2D eigenvalue weighted by molar-refractivity contribution is 5.81. The molecule has 1 heterocycles. The Hall–Kier alpha value is -2.89. The monoisotopic (exact) mass is 411 g/mol. The average Bonchev–Trinajstić information content (AvgIpc) is 2.74. The molecule has 1 fully saturated rings. The Kier molecular flexibility index (Phi) is 7.08. The molecule has 3 amide bonds. The standard InChI is InChI=1S/C24H30FN3O2/c1-16(2)26-24(30)28-15-20(11-14-22(28)19-9-12-21(25)13-10-19)23(29)27-17(3)18-7-5-4-6-8-18/h4-10,12-13,16-17,20,22H,11,14-15H2,1-3H3,(H,26,30)(H,27,29)/t17-,20-,22+/m1/s1. The molecule has 1 aliphatic heterocycles. The van der Waals surface area contributed by atoms with E-state index < -0.39 is 0 Å². The predicted octanol–water partition coefficient (Wildman–Crippen LogP) is 4.57. The maximum absolute atomic E-state index is 13.4. The largest absolute Gasteiger partial charge is 0.349 e. The second-order valence-corrected chi connectivity index (χ2v) is 8.24. The smallest absolute Gasteiger partial charge is 0.318 e. The molecule has 0 spiro atoms. The molecule has 6 heteroatoms. The Morgan fingerprint density at radius 3 is 2.27 bits per heavy atom. The van der Waals surface area contributed by atoms with Gasteiger partial charge >= 0.3 is 6.03 Å². The van der Waals surface area contributed by atoms with Crippen LogP contribution in [0.4, 0.5) is 9.18 Å². The second-order valence-electron chi connectivity index (χ2n) is 8.24. The summed E-state index contributed by atoms with van der Waals surface area (Å²) in [5.74, 6) is -0.642. The van der Waals surface area contributed by atoms with Crippen LogP contribution in [0.15, 0.2) is 54.6 Å². The number of urea groups is 1. The molecule has 0 radical (unpaired) electrons. The average molecular weight is 412 g/mol. The molecule has 1 aliphatic rings. The summed E-state index contributed by atoms with van der Waals surface area (Å²) >= 11 is 0. The van der Waals surface area contributed by atoms with Gasteiger partial charge in [0.1, 0.15) is 5.82 Å². The highest BCUT2D eigenvalue weighted by Gasteiger charge is 2.36. The summed E-state index contributed by atoms with van der Waals surface area (Å²) in [5.41, 5.74) is 1.92. The van der Waals surface area contributed by atoms with Crippen LogP contribution in [0.3, 0.4) is 0 Å². The normalized spacial score (nSPS) is 20.0. The summed E-state index contributed by atoms with van der Waals surface area (Å²) < 4.78 is 13.4. The number of amides is 3. The van der Waals surface area contributed by atoms with Crippen molar-refractivity contribution in [3.63, 3.8) is 0 Å². The lowest BCUT2D eigenvalue weighted by molar-refractivity contribution is -0.127. The molecule has 2 aromatic carbocycles. The summed E-state index contributed by atoms with van der Waals surface area (Å²) in [7, 11) is 0. The van der Waals surface area contributed by atoms with Crippen molar-refractivity contribution < 1.29 is 14.0 Å². The van der Waals surface area contributed by atoms with Crippen LogP contribution in [0.1, 0.15) is 56.8 Å². The van der Waals surface area contributed by atoms with Gasteiger partial charge < -0.3 is 15.5 Å². The van der Waals surface area contributed by atoms with Crippen LogP contribution >= 0.6 is 0 Å². The van der Waals surface area contributed by atoms with Crippen molar-refractivity contribution in [1.82, 2.24) is 15.5 Å². The number of benzene rings is 2. The van der Waals surface area contributed by atoms with Gasteiger partial charge in [0.05, 0.1) is 18.0 Å². The zero-order chi connectivity index (χ0) is 21.7. The Labute approximate surface area is 177 Å². The SMILES string of the molecule is CC(C)NC(=O)N1C[C@H](C(=O)N[C@H](C)c2ccccc2)CC[C@H]1c1ccc(F)cc1. The first-order chi connectivity index (χ1) is 14.3. The Bertz CT molecular complexity index is 855. The number of carbonyl (C=O) groups excluding carboxylic acids is 2. The maximum Gasteiger partial charge on any atom is 0.318 e. The fourth-order valence-corrected chi connectivity index (χ4v) is 3.93. The van der Waals surface area contributed by atoms with Crippen molar-refractivity contribution >= 4 is 11.9 Å². The summed E-state index contributed by atoms with van der Waals surface area (Å²) in [6, 6.07) is 15.6. The molecular weight excluding hydrogens is 381 g/mol. The number of piperidine rings is 1. The first-order valence-corrected chi connectivity index (χ1v) is 10.5. The lowest BCUT2D eigenvalue weighted by Crippen LogP contribution is -2.51. The lowest BCUT2D eigenvalue weighted by atomic mass is 9.88. The van der Waals surface area contributed by atoms with Crippen molar-refractivity contribution in [3.05, 3.63) is 71.5 Å². The van der Waals surface area contributed by atoms with Gasteiger partial charge in [-0.25, -0.2) is 9.18 Å². The molecule has 2 N–H and O–H groups in total. The van der Waals surface area contributed by atoms with E-state index >= 15 is 0 Å². The highest BCUT2D eigenvalue weighted by Crippen LogP contribution is 2.34. The first-order valence-electron chi connectivity index (χ1n) is 10.5. The van der Waals surface area contributed by atoms with Gasteiger partial charge in [0.25, 0.3) is 0 Å². The third-order valence-corrected chi connectivity index (χ3v) is 5.54. The van der Waals surface area contributed by atoms with Crippen LogP contribution in [0, 0.1) is 11.7 Å². The zero-order valence-corrected chi connectivity index (χ0v) is 17.8. The van der Waals surface area contributed by atoms with Crippen molar-refractivity contribution in [3.8, 4) is 0 Å². The summed E-state index contributed by atoms with van der Waals surface area (Å²) in [6.45, 7) is 6.09. The van der Waals surface area contributed by atoms with Gasteiger partial charge in [0, 0.05) is 12.6 Å². The topological polar surface area (TPSA) is 61.4 Å². The van der Waals surface area contributed by atoms with Gasteiger partial charge in [0.2, 0.25) is 5.91 Å². The summed E-state index contributed by atoms with van der Waals surface area (Å²) in [4.78, 5) is 27.5. The Morgan fingerprint density at radius 2 is 1.63 bits per heavy atom. The van der Waals surface area contributed by atoms with Crippen LogP contribution in [-0.4, -0.2) is 29.4 Å². The molecule has 160 valence electrons. The number of hydrogen-bond acceptors (Lipinski definition) is 2. The minimum absolute atomic E-state index is 0.0151. The van der Waals surface area contributed by atoms with Crippen LogP contribution in [0.25, 0.3) is 0 Å². The molecule has 30 heavy (non-hydrogen) atoms. The third-order valence-electron chi connectivity index (χ3n) is 5.54. The van der Waals surface area contributed by atoms with Crippen molar-refractivity contribution in [1.29, 1.82) is 0 Å². The quantitative estimate of drug-likeness (QED) is 0.757. The van der Waals surface area contributed by atoms with E-state index in [0.717, 1.165) is 11.1 Å². The molecule has 0 aromatic heterocycles. The van der Waals surface area contributed by atoms with Crippen molar-refractivity contribution in [2.75, 3.05) is 6.54 Å². The number of rotatable bonds is 5. The van der Waals surface area contributed by atoms with Gasteiger partial charge in [0.15, 0.2) is 0 Å². The van der Waals surface area contributed by atoms with Crippen LogP contribution in [0.5, 0.6) is 0 Å².